The number of ether oxygens (including phenoxy) is 1. The molecule has 3 N–H and O–H groups in total. The zero-order chi connectivity index (χ0) is 19.7. The summed E-state index contributed by atoms with van der Waals surface area (Å²) in [4.78, 5) is 40.6. The van der Waals surface area contributed by atoms with Crippen molar-refractivity contribution in [3.63, 3.8) is 0 Å². The number of fused-ring (bicyclic) bond motifs is 1. The number of carbonyl (C=O) groups is 1. The number of primary amides is 1. The van der Waals surface area contributed by atoms with Crippen molar-refractivity contribution in [2.45, 2.75) is 33.2 Å². The number of methoxy groups -OCH3 is 1. The van der Waals surface area contributed by atoms with Gasteiger partial charge in [0.25, 0.3) is 5.56 Å². The molecule has 1 amide bonds. The van der Waals surface area contributed by atoms with Gasteiger partial charge in [0.1, 0.15) is 10.6 Å². The third-order valence-electron chi connectivity index (χ3n) is 4.44. The van der Waals surface area contributed by atoms with Crippen molar-refractivity contribution >= 4 is 27.5 Å². The largest absolute Gasteiger partial charge is 0.496 e. The fourth-order valence-corrected chi connectivity index (χ4v) is 4.23. The van der Waals surface area contributed by atoms with Crippen LogP contribution in [0.2, 0.25) is 0 Å². The minimum Gasteiger partial charge on any atom is -0.496 e. The zero-order valence-corrected chi connectivity index (χ0v) is 16.2. The van der Waals surface area contributed by atoms with Crippen molar-refractivity contribution in [1.82, 2.24) is 9.55 Å². The SMILES string of the molecule is COc1ccc(C)cc1-c1c(C)sc2[nH]c(=O)n(CCCC(N)=O)c(=O)c12. The average molecular weight is 387 g/mol. The van der Waals surface area contributed by atoms with Crippen LogP contribution in [0.1, 0.15) is 23.3 Å². The number of amides is 1. The number of nitrogens with one attached hydrogen (secondary N) is 1. The lowest BCUT2D eigenvalue weighted by Gasteiger charge is -2.10. The summed E-state index contributed by atoms with van der Waals surface area (Å²) < 4.78 is 6.61. The fraction of sp³-hybridized carbons (Fsp3) is 0.316. The third-order valence-corrected chi connectivity index (χ3v) is 5.46. The Balaban J connectivity index is 2.25. The van der Waals surface area contributed by atoms with Crippen LogP contribution in [0.3, 0.4) is 0 Å². The highest BCUT2D eigenvalue weighted by atomic mass is 32.1. The topological polar surface area (TPSA) is 107 Å². The molecule has 0 aliphatic rings. The van der Waals surface area contributed by atoms with E-state index in [1.807, 2.05) is 32.0 Å². The van der Waals surface area contributed by atoms with Crippen molar-refractivity contribution in [3.05, 3.63) is 49.5 Å². The minimum absolute atomic E-state index is 0.116. The summed E-state index contributed by atoms with van der Waals surface area (Å²) in [5.74, 6) is 0.200. The smallest absolute Gasteiger partial charge is 0.329 e. The maximum Gasteiger partial charge on any atom is 0.329 e. The summed E-state index contributed by atoms with van der Waals surface area (Å²) in [6, 6.07) is 5.77. The molecule has 0 radical (unpaired) electrons. The number of benzene rings is 1. The van der Waals surface area contributed by atoms with Gasteiger partial charge in [-0.2, -0.15) is 0 Å². The highest BCUT2D eigenvalue weighted by molar-refractivity contribution is 7.19. The first-order valence-corrected chi connectivity index (χ1v) is 9.34. The normalized spacial score (nSPS) is 11.1. The molecule has 0 atom stereocenters. The molecule has 2 heterocycles. The molecule has 8 heteroatoms. The van der Waals surface area contributed by atoms with Crippen LogP contribution in [0.4, 0.5) is 0 Å². The first-order chi connectivity index (χ1) is 12.8. The highest BCUT2D eigenvalue weighted by Crippen LogP contribution is 2.40. The Morgan fingerprint density at radius 1 is 1.30 bits per heavy atom. The molecule has 7 nitrogen and oxygen atoms in total. The van der Waals surface area contributed by atoms with E-state index >= 15 is 0 Å². The van der Waals surface area contributed by atoms with Crippen molar-refractivity contribution in [3.8, 4) is 16.9 Å². The number of H-pyrrole nitrogens is 1. The summed E-state index contributed by atoms with van der Waals surface area (Å²) in [6.45, 7) is 4.01. The Morgan fingerprint density at radius 2 is 2.04 bits per heavy atom. The predicted molar refractivity (Wildman–Crippen MR) is 107 cm³/mol. The number of thiophene rings is 1. The van der Waals surface area contributed by atoms with Gasteiger partial charge in [-0.05, 0) is 32.4 Å². The summed E-state index contributed by atoms with van der Waals surface area (Å²) in [6.07, 6.45) is 0.446. The molecule has 0 saturated heterocycles. The molecule has 3 rings (SSSR count). The predicted octanol–water partition coefficient (Wildman–Crippen LogP) is 2.31. The van der Waals surface area contributed by atoms with E-state index < -0.39 is 11.6 Å². The number of nitrogens with zero attached hydrogens (tertiary/aromatic N) is 1. The van der Waals surface area contributed by atoms with E-state index in [0.717, 1.165) is 26.1 Å². The Kier molecular flexibility index (Phi) is 5.18. The molecule has 142 valence electrons. The lowest BCUT2D eigenvalue weighted by molar-refractivity contribution is -0.118. The third kappa shape index (κ3) is 3.52. The van der Waals surface area contributed by atoms with Crippen LogP contribution in [-0.2, 0) is 11.3 Å². The fourth-order valence-electron chi connectivity index (χ4n) is 3.18. The molecule has 3 aromatic rings. The molecular formula is C19H21N3O4S. The molecule has 0 bridgehead atoms. The number of aromatic nitrogens is 2. The van der Waals surface area contributed by atoms with Gasteiger partial charge in [0.15, 0.2) is 0 Å². The van der Waals surface area contributed by atoms with Gasteiger partial charge in [0.2, 0.25) is 5.91 Å². The average Bonchev–Trinajstić information content (AvgIpc) is 2.93. The number of aryl methyl sites for hydroxylation is 2. The van der Waals surface area contributed by atoms with E-state index in [1.165, 1.54) is 11.3 Å². The quantitative estimate of drug-likeness (QED) is 0.677. The van der Waals surface area contributed by atoms with Crippen molar-refractivity contribution in [2.75, 3.05) is 7.11 Å². The van der Waals surface area contributed by atoms with E-state index in [9.17, 15) is 14.4 Å². The van der Waals surface area contributed by atoms with E-state index in [2.05, 4.69) is 4.98 Å². The van der Waals surface area contributed by atoms with Crippen molar-refractivity contribution in [1.29, 1.82) is 0 Å². The van der Waals surface area contributed by atoms with Gasteiger partial charge in [-0.25, -0.2) is 4.79 Å². The molecule has 1 aromatic carbocycles. The first kappa shape index (κ1) is 18.9. The zero-order valence-electron chi connectivity index (χ0n) is 15.4. The van der Waals surface area contributed by atoms with Crippen molar-refractivity contribution < 1.29 is 9.53 Å². The number of carbonyl (C=O) groups excluding carboxylic acids is 1. The van der Waals surface area contributed by atoms with Gasteiger partial charge < -0.3 is 10.5 Å². The van der Waals surface area contributed by atoms with E-state index in [1.54, 1.807) is 7.11 Å². The van der Waals surface area contributed by atoms with Gasteiger partial charge in [0, 0.05) is 29.0 Å². The number of hydrogen-bond donors (Lipinski definition) is 2. The van der Waals surface area contributed by atoms with E-state index in [-0.39, 0.29) is 18.5 Å². The Hall–Kier alpha value is -2.87. The van der Waals surface area contributed by atoms with Gasteiger partial charge in [-0.3, -0.25) is 19.1 Å². The first-order valence-electron chi connectivity index (χ1n) is 8.53. The number of aromatic amines is 1. The summed E-state index contributed by atoms with van der Waals surface area (Å²) in [5, 5.41) is 0.458. The maximum absolute atomic E-state index is 13.1. The number of rotatable bonds is 6. The second-order valence-corrected chi connectivity index (χ2v) is 7.62. The van der Waals surface area contributed by atoms with Crippen LogP contribution in [0.25, 0.3) is 21.3 Å². The Bertz CT molecular complexity index is 1140. The van der Waals surface area contributed by atoms with Crippen LogP contribution in [-0.4, -0.2) is 22.6 Å². The van der Waals surface area contributed by atoms with Gasteiger partial charge >= 0.3 is 5.69 Å². The second kappa shape index (κ2) is 7.40. The maximum atomic E-state index is 13.1. The Labute approximate surface area is 159 Å². The van der Waals surface area contributed by atoms with Crippen molar-refractivity contribution in [2.24, 2.45) is 5.73 Å². The monoisotopic (exact) mass is 387 g/mol. The molecule has 0 aliphatic heterocycles. The lowest BCUT2D eigenvalue weighted by Crippen LogP contribution is -2.35. The molecule has 0 fully saturated rings. The number of nitrogens with two attached hydrogens (primary N) is 1. The van der Waals surface area contributed by atoms with E-state index in [4.69, 9.17) is 10.5 Å². The molecule has 0 saturated carbocycles. The van der Waals surface area contributed by atoms with Crippen LogP contribution in [0.5, 0.6) is 5.75 Å². The minimum atomic E-state index is -0.485. The van der Waals surface area contributed by atoms with Gasteiger partial charge in [-0.1, -0.05) is 11.6 Å². The van der Waals surface area contributed by atoms with Crippen LogP contribution >= 0.6 is 11.3 Å². The van der Waals surface area contributed by atoms with Crippen LogP contribution < -0.4 is 21.7 Å². The summed E-state index contributed by atoms with van der Waals surface area (Å²) in [7, 11) is 1.59. The molecule has 27 heavy (non-hydrogen) atoms. The summed E-state index contributed by atoms with van der Waals surface area (Å²) in [5.41, 5.74) is 6.91. The standard InChI is InChI=1S/C19H21N3O4S/c1-10-6-7-13(26-3)12(9-10)15-11(2)27-17-16(15)18(24)22(19(25)21-17)8-4-5-14(20)23/h6-7,9H,4-5,8H2,1-3H3,(H2,20,23)(H,21,25). The Morgan fingerprint density at radius 3 is 2.70 bits per heavy atom. The molecule has 2 aromatic heterocycles. The van der Waals surface area contributed by atoms with Crippen LogP contribution in [0, 0.1) is 13.8 Å². The van der Waals surface area contributed by atoms with Gasteiger partial charge in [-0.15, -0.1) is 11.3 Å². The van der Waals surface area contributed by atoms with Crippen LogP contribution in [0.15, 0.2) is 27.8 Å². The molecule has 0 aliphatic carbocycles. The lowest BCUT2D eigenvalue weighted by atomic mass is 10.0. The molecule has 0 unspecified atom stereocenters. The highest BCUT2D eigenvalue weighted by Gasteiger charge is 2.20. The number of hydrogen-bond acceptors (Lipinski definition) is 5. The van der Waals surface area contributed by atoms with E-state index in [0.29, 0.717) is 22.4 Å². The molecule has 0 spiro atoms. The summed E-state index contributed by atoms with van der Waals surface area (Å²) >= 11 is 1.37. The molecular weight excluding hydrogens is 366 g/mol. The second-order valence-electron chi connectivity index (χ2n) is 6.40. The van der Waals surface area contributed by atoms with Gasteiger partial charge in [0.05, 0.1) is 12.5 Å².